The number of piperidine rings is 2. The average Bonchev–Trinajstić information content (AvgIpc) is 3.58. The van der Waals surface area contributed by atoms with E-state index in [-0.39, 0.29) is 0 Å². The van der Waals surface area contributed by atoms with Crippen LogP contribution in [0.4, 0.5) is 22.7 Å². The second-order valence-corrected chi connectivity index (χ2v) is 20.4. The van der Waals surface area contributed by atoms with Crippen molar-refractivity contribution in [3.8, 4) is 0 Å². The van der Waals surface area contributed by atoms with E-state index >= 15 is 0 Å². The molecule has 11 N–H and O–H groups in total. The highest BCUT2D eigenvalue weighted by atomic mass is 15.1. The summed E-state index contributed by atoms with van der Waals surface area (Å²) in [5.41, 5.74) is 9.56. The van der Waals surface area contributed by atoms with Gasteiger partial charge in [0.2, 0.25) is 0 Å². The third-order valence-corrected chi connectivity index (χ3v) is 13.7. The van der Waals surface area contributed by atoms with E-state index in [1.165, 1.54) is 93.6 Å². The number of hydrogen-bond acceptors (Lipinski definition) is 19. The van der Waals surface area contributed by atoms with E-state index in [2.05, 4.69) is 98.4 Å². The zero-order valence-corrected chi connectivity index (χ0v) is 49.7. The number of anilines is 4. The molecule has 452 valence electrons. The van der Waals surface area contributed by atoms with Crippen molar-refractivity contribution >= 4 is 22.7 Å². The average molecular weight is 1150 g/mol. The van der Waals surface area contributed by atoms with Crippen LogP contribution in [0.1, 0.15) is 73.6 Å². The number of aromatic nitrogens is 8. The van der Waals surface area contributed by atoms with Gasteiger partial charge in [-0.3, -0.25) is 39.9 Å². The number of hydrogen-bond donors (Lipinski definition) is 11. The van der Waals surface area contributed by atoms with Crippen LogP contribution in [0.3, 0.4) is 0 Å². The van der Waals surface area contributed by atoms with Gasteiger partial charge in [0.05, 0.1) is 0 Å². The van der Waals surface area contributed by atoms with Crippen molar-refractivity contribution in [3.63, 3.8) is 0 Å². The van der Waals surface area contributed by atoms with E-state index in [0.29, 0.717) is 0 Å². The van der Waals surface area contributed by atoms with Crippen LogP contribution in [0, 0.1) is 0 Å². The van der Waals surface area contributed by atoms with Crippen LogP contribution in [0.5, 0.6) is 0 Å². The van der Waals surface area contributed by atoms with Crippen molar-refractivity contribution < 1.29 is 0 Å². The highest BCUT2D eigenvalue weighted by Gasteiger charge is 2.13. The fraction of sp³-hybridized carbons (Fsp3) is 0.394. The molecule has 2 aliphatic heterocycles. The van der Waals surface area contributed by atoms with E-state index in [9.17, 15) is 0 Å². The molecule has 2 fully saturated rings. The molecule has 10 rings (SSSR count). The molecule has 2 aliphatic rings. The summed E-state index contributed by atoms with van der Waals surface area (Å²) in [6, 6.07) is 33.5. The quantitative estimate of drug-likeness (QED) is 0.0150. The van der Waals surface area contributed by atoms with Gasteiger partial charge >= 0.3 is 0 Å². The predicted octanol–water partition coefficient (Wildman–Crippen LogP) is 8.35. The molecule has 0 spiro atoms. The molecule has 0 unspecified atom stereocenters. The first kappa shape index (κ1) is 66.3. The molecular formula is C66H93N19. The molecule has 0 aromatic carbocycles. The lowest BCUT2D eigenvalue weighted by Crippen LogP contribution is -2.42. The third kappa shape index (κ3) is 33.3. The summed E-state index contributed by atoms with van der Waals surface area (Å²) >= 11 is 0. The molecule has 19 nitrogen and oxygen atoms in total. The normalized spacial score (nSPS) is 12.9. The summed E-state index contributed by atoms with van der Waals surface area (Å²) < 4.78 is 0. The summed E-state index contributed by atoms with van der Waals surface area (Å²) in [7, 11) is 0. The Balaban J connectivity index is 0.000000170. The van der Waals surface area contributed by atoms with Crippen LogP contribution in [-0.4, -0.2) is 131 Å². The van der Waals surface area contributed by atoms with Crippen molar-refractivity contribution in [1.82, 2.24) is 77.1 Å². The van der Waals surface area contributed by atoms with Gasteiger partial charge < -0.3 is 58.5 Å². The topological polar surface area (TPSA) is 235 Å². The smallest absolute Gasteiger partial charge is 0.0459 e. The second-order valence-electron chi connectivity index (χ2n) is 20.4. The van der Waals surface area contributed by atoms with Crippen LogP contribution in [0.25, 0.3) is 0 Å². The summed E-state index contributed by atoms with van der Waals surface area (Å²) in [5.74, 6) is 0. The summed E-state index contributed by atoms with van der Waals surface area (Å²) in [6.45, 7) is 15.3. The molecule has 0 saturated carbocycles. The maximum atomic E-state index is 3.99. The molecule has 0 bridgehead atoms. The Hall–Kier alpha value is -7.88. The zero-order valence-electron chi connectivity index (χ0n) is 49.7. The van der Waals surface area contributed by atoms with E-state index in [1.54, 1.807) is 74.4 Å². The highest BCUT2D eigenvalue weighted by Crippen LogP contribution is 2.08. The van der Waals surface area contributed by atoms with E-state index in [0.717, 1.165) is 120 Å². The maximum Gasteiger partial charge on any atom is 0.0459 e. The molecule has 0 radical (unpaired) electrons. The lowest BCUT2D eigenvalue weighted by molar-refractivity contribution is 0.366. The Morgan fingerprint density at radius 3 is 0.894 bits per heavy atom. The molecule has 8 aromatic rings. The van der Waals surface area contributed by atoms with Gasteiger partial charge in [0, 0.05) is 186 Å². The van der Waals surface area contributed by atoms with Crippen LogP contribution < -0.4 is 58.5 Å². The van der Waals surface area contributed by atoms with Crippen LogP contribution in [0.15, 0.2) is 196 Å². The fourth-order valence-corrected chi connectivity index (χ4v) is 8.92. The van der Waals surface area contributed by atoms with Crippen molar-refractivity contribution in [1.29, 1.82) is 0 Å². The summed E-state index contributed by atoms with van der Waals surface area (Å²) in [4.78, 5) is 31.8. The largest absolute Gasteiger partial charge is 0.385 e. The van der Waals surface area contributed by atoms with Crippen molar-refractivity contribution in [2.45, 2.75) is 89.5 Å². The maximum absolute atomic E-state index is 3.99. The molecule has 19 heteroatoms. The summed E-state index contributed by atoms with van der Waals surface area (Å²) in [6.07, 6.45) is 39.7. The first-order valence-electron chi connectivity index (χ1n) is 30.4. The third-order valence-electron chi connectivity index (χ3n) is 13.7. The van der Waals surface area contributed by atoms with Gasteiger partial charge in [0.25, 0.3) is 0 Å². The van der Waals surface area contributed by atoms with Gasteiger partial charge in [-0.25, -0.2) is 0 Å². The Kier molecular flexibility index (Phi) is 35.5. The molecular weight excluding hydrogens is 1060 g/mol. The Morgan fingerprint density at radius 1 is 0.294 bits per heavy atom. The van der Waals surface area contributed by atoms with Crippen LogP contribution >= 0.6 is 0 Å². The number of unbranched alkanes of at least 4 members (excludes halogenated alkanes) is 1. The van der Waals surface area contributed by atoms with Crippen molar-refractivity contribution in [2.75, 3.05) is 99.9 Å². The van der Waals surface area contributed by atoms with Crippen molar-refractivity contribution in [2.24, 2.45) is 0 Å². The minimum absolute atomic E-state index is 0.759. The molecule has 2 saturated heterocycles. The van der Waals surface area contributed by atoms with Crippen molar-refractivity contribution in [3.05, 3.63) is 218 Å². The van der Waals surface area contributed by atoms with Gasteiger partial charge in [0.15, 0.2) is 0 Å². The molecule has 10 heterocycles. The SMILES string of the molecule is C(CNC1CCNCC1)CNC1CCNCC1.c1cc(CCNCc2ccncc2)ccn1.c1cc(CNCNCc2ccncc2)ccn1.c1cc(NCCCCNc2ccncc2)ccn1.c1cc(NCCCNc2ccncc2)ccn1. The van der Waals surface area contributed by atoms with E-state index in [4.69, 9.17) is 0 Å². The van der Waals surface area contributed by atoms with Gasteiger partial charge in [-0.1, -0.05) is 0 Å². The minimum atomic E-state index is 0.759. The Labute approximate surface area is 505 Å². The Morgan fingerprint density at radius 2 is 0.565 bits per heavy atom. The van der Waals surface area contributed by atoms with Crippen LogP contribution in [-0.2, 0) is 26.1 Å². The first-order valence-corrected chi connectivity index (χ1v) is 30.4. The van der Waals surface area contributed by atoms with E-state index < -0.39 is 0 Å². The second kappa shape index (κ2) is 45.5. The molecule has 0 atom stereocenters. The number of nitrogens with one attached hydrogen (secondary N) is 11. The van der Waals surface area contributed by atoms with Gasteiger partial charge in [-0.15, -0.1) is 0 Å². The summed E-state index contributed by atoms with van der Waals surface area (Å²) in [5, 5.41) is 37.6. The number of rotatable bonds is 30. The molecule has 85 heavy (non-hydrogen) atoms. The standard InChI is InChI=1S/C14H18N4.C13H28N4.2C13H16N4.C13H15N3/c1(7-17-13-3-9-15-10-4-13)2-8-18-14-5-11-16-12-6-14;2*1(6-16-12-2-8-14-9-3-12)7-17-13-4-10-15-11-5-13;1-5-14-6-2-12(1)9-16-11-17-10-13-3-7-15-8-4-13;1-6-14-7-2-12(1)3-10-16-11-13-4-8-15-9-5-13/h3-6,9-12H,1-2,7-8H2,(H,15,17)(H,16,18);12-17H,1-11H2;2-5,8-11H,1,6-7H2,(H,14,16)(H,15,17);1-8,16-17H,9-11H2;1-2,4-9,16H,3,10-11H2. The van der Waals surface area contributed by atoms with Gasteiger partial charge in [-0.05, 0) is 223 Å². The molecule has 8 aromatic heterocycles. The number of nitrogens with zero attached hydrogens (tertiary/aromatic N) is 8. The predicted molar refractivity (Wildman–Crippen MR) is 348 cm³/mol. The minimum Gasteiger partial charge on any atom is -0.385 e. The van der Waals surface area contributed by atoms with Gasteiger partial charge in [-0.2, -0.15) is 0 Å². The highest BCUT2D eigenvalue weighted by molar-refractivity contribution is 5.43. The van der Waals surface area contributed by atoms with Crippen LogP contribution in [0.2, 0.25) is 0 Å². The fourth-order valence-electron chi connectivity index (χ4n) is 8.92. The Bertz CT molecular complexity index is 2450. The van der Waals surface area contributed by atoms with E-state index in [1.807, 2.05) is 122 Å². The molecule has 0 aliphatic carbocycles. The number of pyridine rings is 8. The lowest BCUT2D eigenvalue weighted by Gasteiger charge is -2.25. The monoisotopic (exact) mass is 1150 g/mol. The zero-order chi connectivity index (χ0) is 58.8. The lowest BCUT2D eigenvalue weighted by atomic mass is 10.1. The molecule has 0 amide bonds. The van der Waals surface area contributed by atoms with Gasteiger partial charge in [0.1, 0.15) is 0 Å². The first-order chi connectivity index (χ1) is 42.2.